The molecule has 15 heavy (non-hydrogen) atoms. The van der Waals surface area contributed by atoms with Crippen LogP contribution in [0.1, 0.15) is 50.6 Å². The molecule has 0 unspecified atom stereocenters. The van der Waals surface area contributed by atoms with E-state index in [1.54, 1.807) is 0 Å². The summed E-state index contributed by atoms with van der Waals surface area (Å²) in [4.78, 5) is 0. The summed E-state index contributed by atoms with van der Waals surface area (Å²) < 4.78 is 5.13. The van der Waals surface area contributed by atoms with Crippen LogP contribution in [0.15, 0.2) is 4.52 Å². The van der Waals surface area contributed by atoms with E-state index in [-0.39, 0.29) is 5.54 Å². The summed E-state index contributed by atoms with van der Waals surface area (Å²) in [6.45, 7) is 11.5. The lowest BCUT2D eigenvalue weighted by Gasteiger charge is -2.25. The zero-order chi connectivity index (χ0) is 11.5. The maximum Gasteiger partial charge on any atom is 0.138 e. The minimum absolute atomic E-state index is 0.185. The quantitative estimate of drug-likeness (QED) is 0.812. The lowest BCUT2D eigenvalue weighted by molar-refractivity contribution is 0.353. The summed E-state index contributed by atoms with van der Waals surface area (Å²) in [6.07, 6.45) is 2.37. The molecule has 3 heteroatoms. The maximum atomic E-state index is 5.13. The average Bonchev–Trinajstić information content (AvgIpc) is 2.44. The number of hydrogen-bond donors (Lipinski definition) is 1. The van der Waals surface area contributed by atoms with Crippen LogP contribution < -0.4 is 5.32 Å². The van der Waals surface area contributed by atoms with E-state index in [4.69, 9.17) is 4.52 Å². The molecule has 1 heterocycles. The van der Waals surface area contributed by atoms with Gasteiger partial charge in [-0.25, -0.2) is 0 Å². The van der Waals surface area contributed by atoms with Crippen LogP contribution in [-0.4, -0.2) is 10.7 Å². The number of rotatable bonds is 5. The van der Waals surface area contributed by atoms with Gasteiger partial charge in [-0.1, -0.05) is 18.5 Å². The van der Waals surface area contributed by atoms with Crippen LogP contribution in [0.4, 0.5) is 0 Å². The minimum Gasteiger partial charge on any atom is -0.361 e. The molecule has 0 aliphatic heterocycles. The van der Waals surface area contributed by atoms with Crippen molar-refractivity contribution in [3.8, 4) is 0 Å². The Kier molecular flexibility index (Phi) is 3.91. The Morgan fingerprint density at radius 2 is 2.00 bits per heavy atom. The van der Waals surface area contributed by atoms with Crippen molar-refractivity contribution in [2.45, 2.75) is 59.5 Å². The van der Waals surface area contributed by atoms with E-state index >= 15 is 0 Å². The molecule has 3 nitrogen and oxygen atoms in total. The van der Waals surface area contributed by atoms with Crippen LogP contribution in [0.2, 0.25) is 0 Å². The minimum atomic E-state index is 0.185. The van der Waals surface area contributed by atoms with Gasteiger partial charge in [-0.2, -0.15) is 0 Å². The second kappa shape index (κ2) is 4.79. The molecule has 0 amide bonds. The molecule has 0 radical (unpaired) electrons. The van der Waals surface area contributed by atoms with Crippen molar-refractivity contribution in [1.82, 2.24) is 10.5 Å². The highest BCUT2D eigenvalue weighted by atomic mass is 16.5. The Morgan fingerprint density at radius 3 is 2.47 bits per heavy atom. The smallest absolute Gasteiger partial charge is 0.138 e. The molecule has 0 aromatic carbocycles. The number of aromatic nitrogens is 1. The normalized spacial score (nSPS) is 12.1. The van der Waals surface area contributed by atoms with Crippen LogP contribution in [0.25, 0.3) is 0 Å². The highest BCUT2D eigenvalue weighted by Crippen LogP contribution is 2.16. The summed E-state index contributed by atoms with van der Waals surface area (Å²) in [5.41, 5.74) is 2.37. The van der Waals surface area contributed by atoms with E-state index in [0.29, 0.717) is 0 Å². The zero-order valence-corrected chi connectivity index (χ0v) is 10.5. The van der Waals surface area contributed by atoms with Gasteiger partial charge >= 0.3 is 0 Å². The van der Waals surface area contributed by atoms with Crippen molar-refractivity contribution >= 4 is 0 Å². The molecule has 1 N–H and O–H groups in total. The first-order valence-corrected chi connectivity index (χ1v) is 5.63. The molecule has 1 aromatic heterocycles. The van der Waals surface area contributed by atoms with Gasteiger partial charge in [0.2, 0.25) is 0 Å². The summed E-state index contributed by atoms with van der Waals surface area (Å²) in [7, 11) is 0. The molecule has 0 atom stereocenters. The first-order valence-electron chi connectivity index (χ1n) is 5.63. The molecule has 0 fully saturated rings. The van der Waals surface area contributed by atoms with E-state index in [2.05, 4.69) is 31.2 Å². The van der Waals surface area contributed by atoms with Gasteiger partial charge in [0.15, 0.2) is 0 Å². The largest absolute Gasteiger partial charge is 0.361 e. The SMILES string of the molecule is CCCC(C)(C)NCc1c(C)noc1C. The van der Waals surface area contributed by atoms with Gasteiger partial charge < -0.3 is 9.84 Å². The van der Waals surface area contributed by atoms with Gasteiger partial charge in [0.05, 0.1) is 5.69 Å². The number of hydrogen-bond acceptors (Lipinski definition) is 3. The van der Waals surface area contributed by atoms with E-state index in [1.165, 1.54) is 18.4 Å². The first-order chi connectivity index (χ1) is 6.96. The van der Waals surface area contributed by atoms with Crippen LogP contribution in [0, 0.1) is 13.8 Å². The summed E-state index contributed by atoms with van der Waals surface area (Å²) in [5.74, 6) is 0.923. The summed E-state index contributed by atoms with van der Waals surface area (Å²) in [6, 6.07) is 0. The average molecular weight is 210 g/mol. The van der Waals surface area contributed by atoms with Gasteiger partial charge in [0.25, 0.3) is 0 Å². The van der Waals surface area contributed by atoms with Gasteiger partial charge in [0.1, 0.15) is 5.76 Å². The Labute approximate surface area is 92.2 Å². The van der Waals surface area contributed by atoms with E-state index < -0.39 is 0 Å². The van der Waals surface area contributed by atoms with Crippen molar-refractivity contribution in [2.75, 3.05) is 0 Å². The molecular weight excluding hydrogens is 188 g/mol. The zero-order valence-electron chi connectivity index (χ0n) is 10.5. The van der Waals surface area contributed by atoms with Crippen LogP contribution in [-0.2, 0) is 6.54 Å². The highest BCUT2D eigenvalue weighted by molar-refractivity contribution is 5.20. The summed E-state index contributed by atoms with van der Waals surface area (Å²) in [5, 5.41) is 7.49. The molecule has 1 rings (SSSR count). The van der Waals surface area contributed by atoms with Crippen LogP contribution >= 0.6 is 0 Å². The predicted molar refractivity (Wildman–Crippen MR) is 61.8 cm³/mol. The lowest BCUT2D eigenvalue weighted by atomic mass is 9.98. The third-order valence-electron chi connectivity index (χ3n) is 2.80. The molecule has 0 aliphatic carbocycles. The van der Waals surface area contributed by atoms with E-state index in [0.717, 1.165) is 18.0 Å². The number of nitrogens with zero attached hydrogens (tertiary/aromatic N) is 1. The fourth-order valence-corrected chi connectivity index (χ4v) is 1.80. The van der Waals surface area contributed by atoms with Crippen LogP contribution in [0.3, 0.4) is 0 Å². The fraction of sp³-hybridized carbons (Fsp3) is 0.750. The van der Waals surface area contributed by atoms with Gasteiger partial charge in [0, 0.05) is 17.6 Å². The Morgan fingerprint density at radius 1 is 1.33 bits per heavy atom. The first kappa shape index (κ1) is 12.2. The Balaban J connectivity index is 2.57. The molecular formula is C12H22N2O. The topological polar surface area (TPSA) is 38.1 Å². The molecule has 0 bridgehead atoms. The molecule has 0 aliphatic rings. The number of nitrogens with one attached hydrogen (secondary N) is 1. The third kappa shape index (κ3) is 3.34. The Hall–Kier alpha value is -0.830. The Bertz CT molecular complexity index is 296. The van der Waals surface area contributed by atoms with Gasteiger partial charge in [-0.15, -0.1) is 0 Å². The van der Waals surface area contributed by atoms with Crippen molar-refractivity contribution in [3.63, 3.8) is 0 Å². The second-order valence-electron chi connectivity index (χ2n) is 4.79. The molecule has 86 valence electrons. The third-order valence-corrected chi connectivity index (χ3v) is 2.80. The molecule has 0 spiro atoms. The maximum absolute atomic E-state index is 5.13. The highest BCUT2D eigenvalue weighted by Gasteiger charge is 2.17. The van der Waals surface area contributed by atoms with E-state index in [9.17, 15) is 0 Å². The number of aryl methyl sites for hydroxylation is 2. The van der Waals surface area contributed by atoms with Gasteiger partial charge in [-0.05, 0) is 34.1 Å². The standard InChI is InChI=1S/C12H22N2O/c1-6-7-12(4,5)13-8-11-9(2)14-15-10(11)3/h13H,6-8H2,1-5H3. The van der Waals surface area contributed by atoms with E-state index in [1.807, 2.05) is 13.8 Å². The van der Waals surface area contributed by atoms with Crippen molar-refractivity contribution in [1.29, 1.82) is 0 Å². The molecule has 1 aromatic rings. The van der Waals surface area contributed by atoms with Crippen molar-refractivity contribution in [2.24, 2.45) is 0 Å². The molecule has 0 saturated carbocycles. The fourth-order valence-electron chi connectivity index (χ4n) is 1.80. The van der Waals surface area contributed by atoms with Crippen molar-refractivity contribution in [3.05, 3.63) is 17.0 Å². The lowest BCUT2D eigenvalue weighted by Crippen LogP contribution is -2.38. The van der Waals surface area contributed by atoms with Crippen molar-refractivity contribution < 1.29 is 4.52 Å². The predicted octanol–water partition coefficient (Wildman–Crippen LogP) is 2.96. The second-order valence-corrected chi connectivity index (χ2v) is 4.79. The molecule has 0 saturated heterocycles. The van der Waals surface area contributed by atoms with Gasteiger partial charge in [-0.3, -0.25) is 0 Å². The monoisotopic (exact) mass is 210 g/mol. The van der Waals surface area contributed by atoms with Crippen LogP contribution in [0.5, 0.6) is 0 Å². The summed E-state index contributed by atoms with van der Waals surface area (Å²) >= 11 is 0.